The van der Waals surface area contributed by atoms with E-state index in [1.165, 1.54) is 5.56 Å². The monoisotopic (exact) mass is 240 g/mol. The summed E-state index contributed by atoms with van der Waals surface area (Å²) in [5, 5.41) is 0.821. The van der Waals surface area contributed by atoms with Gasteiger partial charge in [-0.05, 0) is 37.1 Å². The van der Waals surface area contributed by atoms with Crippen LogP contribution in [-0.4, -0.2) is 26.7 Å². The second kappa shape index (κ2) is 4.52. The lowest BCUT2D eigenvalue weighted by Crippen LogP contribution is -2.30. The van der Waals surface area contributed by atoms with Gasteiger partial charge in [-0.3, -0.25) is 0 Å². The van der Waals surface area contributed by atoms with E-state index in [0.717, 1.165) is 29.3 Å². The quantitative estimate of drug-likeness (QED) is 0.879. The van der Waals surface area contributed by atoms with Gasteiger partial charge in [0.25, 0.3) is 0 Å². The minimum atomic E-state index is 0.439. The molecule has 4 heteroatoms. The maximum atomic E-state index is 6.22. The Morgan fingerprint density at radius 2 is 2.31 bits per heavy atom. The van der Waals surface area contributed by atoms with Crippen molar-refractivity contribution in [2.24, 2.45) is 5.73 Å². The summed E-state index contributed by atoms with van der Waals surface area (Å²) in [6.45, 7) is 0.697. The average Bonchev–Trinajstić information content (AvgIpc) is 2.60. The number of halogens is 1. The van der Waals surface area contributed by atoms with Crippen LogP contribution in [0.15, 0.2) is 12.1 Å². The molecule has 16 heavy (non-hydrogen) atoms. The molecule has 2 rings (SSSR count). The van der Waals surface area contributed by atoms with Gasteiger partial charge in [-0.15, -0.1) is 0 Å². The van der Waals surface area contributed by atoms with Gasteiger partial charge in [-0.1, -0.05) is 11.6 Å². The van der Waals surface area contributed by atoms with E-state index in [0.29, 0.717) is 12.6 Å². The summed E-state index contributed by atoms with van der Waals surface area (Å²) < 4.78 is 5.38. The van der Waals surface area contributed by atoms with Gasteiger partial charge in [0.2, 0.25) is 0 Å². The van der Waals surface area contributed by atoms with Crippen molar-refractivity contribution in [2.75, 3.05) is 25.6 Å². The number of fused-ring (bicyclic) bond motifs is 1. The Balaban J connectivity index is 2.41. The first kappa shape index (κ1) is 11.6. The molecular weight excluding hydrogens is 224 g/mol. The summed E-state index contributed by atoms with van der Waals surface area (Å²) in [6, 6.07) is 4.26. The van der Waals surface area contributed by atoms with Gasteiger partial charge < -0.3 is 15.4 Å². The molecule has 0 fully saturated rings. The van der Waals surface area contributed by atoms with Crippen molar-refractivity contribution < 1.29 is 4.74 Å². The van der Waals surface area contributed by atoms with Crippen molar-refractivity contribution in [2.45, 2.75) is 18.9 Å². The molecule has 1 aliphatic rings. The van der Waals surface area contributed by atoms with Gasteiger partial charge in [0.05, 0.1) is 12.8 Å². The number of anilines is 1. The lowest BCUT2D eigenvalue weighted by Gasteiger charge is -2.23. The Bertz CT molecular complexity index is 395. The van der Waals surface area contributed by atoms with Crippen LogP contribution in [-0.2, 0) is 6.42 Å². The second-order valence-corrected chi connectivity index (χ2v) is 4.53. The molecule has 0 aromatic heterocycles. The molecule has 0 saturated carbocycles. The van der Waals surface area contributed by atoms with Crippen molar-refractivity contribution in [3.8, 4) is 5.75 Å². The molecular formula is C12H17ClN2O. The number of likely N-dealkylation sites (N-methyl/N-ethyl adjacent to an activating group) is 1. The Labute approximate surface area is 101 Å². The number of methoxy groups -OCH3 is 1. The molecule has 0 saturated heterocycles. The summed E-state index contributed by atoms with van der Waals surface area (Å²) in [5.41, 5.74) is 7.92. The van der Waals surface area contributed by atoms with Crippen molar-refractivity contribution in [1.29, 1.82) is 0 Å². The summed E-state index contributed by atoms with van der Waals surface area (Å²) in [6.07, 6.45) is 1.93. The largest absolute Gasteiger partial charge is 0.495 e. The molecule has 1 atom stereocenters. The molecule has 3 nitrogen and oxygen atoms in total. The fraction of sp³-hybridized carbons (Fsp3) is 0.500. The third kappa shape index (κ3) is 1.74. The number of benzene rings is 1. The Kier molecular flexibility index (Phi) is 3.26. The molecule has 1 unspecified atom stereocenters. The summed E-state index contributed by atoms with van der Waals surface area (Å²) >= 11 is 6.22. The lowest BCUT2D eigenvalue weighted by atomic mass is 10.1. The standard InChI is InChI=1S/C12H17ClN2O/c1-15-8(5-6-14)7-9-10(13)3-4-11(16-2)12(9)15/h3-4,8H,5-7,14H2,1-2H3. The van der Waals surface area contributed by atoms with Crippen LogP contribution in [0.2, 0.25) is 5.02 Å². The van der Waals surface area contributed by atoms with Crippen LogP contribution in [0.5, 0.6) is 5.75 Å². The van der Waals surface area contributed by atoms with Gasteiger partial charge in [0.1, 0.15) is 5.75 Å². The maximum Gasteiger partial charge on any atom is 0.142 e. The molecule has 2 N–H and O–H groups in total. The summed E-state index contributed by atoms with van der Waals surface area (Å²) in [7, 11) is 3.76. The minimum Gasteiger partial charge on any atom is -0.495 e. The lowest BCUT2D eigenvalue weighted by molar-refractivity contribution is 0.414. The highest BCUT2D eigenvalue weighted by molar-refractivity contribution is 6.32. The Hall–Kier alpha value is -0.930. The van der Waals surface area contributed by atoms with E-state index < -0.39 is 0 Å². The van der Waals surface area contributed by atoms with E-state index >= 15 is 0 Å². The van der Waals surface area contributed by atoms with Gasteiger partial charge in [-0.2, -0.15) is 0 Å². The number of hydrogen-bond donors (Lipinski definition) is 1. The molecule has 1 heterocycles. The Morgan fingerprint density at radius 3 is 2.94 bits per heavy atom. The summed E-state index contributed by atoms with van der Waals surface area (Å²) in [5.74, 6) is 0.890. The fourth-order valence-corrected chi connectivity index (χ4v) is 2.61. The zero-order chi connectivity index (χ0) is 11.7. The average molecular weight is 241 g/mol. The van der Waals surface area contributed by atoms with Crippen LogP contribution in [0, 0.1) is 0 Å². The molecule has 1 aliphatic heterocycles. The Morgan fingerprint density at radius 1 is 1.56 bits per heavy atom. The predicted octanol–water partition coefficient (Wildman–Crippen LogP) is 2.06. The SMILES string of the molecule is COc1ccc(Cl)c2c1N(C)C(CCN)C2. The first-order chi connectivity index (χ1) is 7.69. The zero-order valence-electron chi connectivity index (χ0n) is 9.66. The second-order valence-electron chi connectivity index (χ2n) is 4.12. The number of nitrogens with zero attached hydrogens (tertiary/aromatic N) is 1. The van der Waals surface area contributed by atoms with Gasteiger partial charge in [-0.25, -0.2) is 0 Å². The predicted molar refractivity (Wildman–Crippen MR) is 67.6 cm³/mol. The smallest absolute Gasteiger partial charge is 0.142 e. The van der Waals surface area contributed by atoms with Crippen LogP contribution in [0.4, 0.5) is 5.69 Å². The number of ether oxygens (including phenoxy) is 1. The molecule has 0 spiro atoms. The molecule has 1 aromatic carbocycles. The van der Waals surface area contributed by atoms with E-state index in [2.05, 4.69) is 11.9 Å². The fourth-order valence-electron chi connectivity index (χ4n) is 2.38. The van der Waals surface area contributed by atoms with Crippen molar-refractivity contribution in [1.82, 2.24) is 0 Å². The van der Waals surface area contributed by atoms with Gasteiger partial charge in [0.15, 0.2) is 0 Å². The molecule has 0 amide bonds. The first-order valence-electron chi connectivity index (χ1n) is 5.47. The molecule has 0 radical (unpaired) electrons. The normalized spacial score (nSPS) is 18.8. The van der Waals surface area contributed by atoms with Gasteiger partial charge >= 0.3 is 0 Å². The summed E-state index contributed by atoms with van der Waals surface area (Å²) in [4.78, 5) is 2.23. The number of rotatable bonds is 3. The number of hydrogen-bond acceptors (Lipinski definition) is 3. The van der Waals surface area contributed by atoms with Gasteiger partial charge in [0, 0.05) is 18.1 Å². The molecule has 0 bridgehead atoms. The van der Waals surface area contributed by atoms with E-state index in [9.17, 15) is 0 Å². The van der Waals surface area contributed by atoms with Crippen LogP contribution in [0.3, 0.4) is 0 Å². The van der Waals surface area contributed by atoms with Crippen LogP contribution >= 0.6 is 11.6 Å². The highest BCUT2D eigenvalue weighted by Crippen LogP contribution is 2.43. The topological polar surface area (TPSA) is 38.5 Å². The van der Waals surface area contributed by atoms with Crippen molar-refractivity contribution in [3.63, 3.8) is 0 Å². The van der Waals surface area contributed by atoms with Crippen LogP contribution in [0.1, 0.15) is 12.0 Å². The third-order valence-electron chi connectivity index (χ3n) is 3.25. The van der Waals surface area contributed by atoms with Crippen LogP contribution < -0.4 is 15.4 Å². The van der Waals surface area contributed by atoms with Crippen molar-refractivity contribution in [3.05, 3.63) is 22.7 Å². The van der Waals surface area contributed by atoms with E-state index in [1.54, 1.807) is 7.11 Å². The maximum absolute atomic E-state index is 6.22. The highest BCUT2D eigenvalue weighted by atomic mass is 35.5. The van der Waals surface area contributed by atoms with E-state index in [4.69, 9.17) is 22.1 Å². The molecule has 88 valence electrons. The first-order valence-corrected chi connectivity index (χ1v) is 5.85. The third-order valence-corrected chi connectivity index (χ3v) is 3.60. The van der Waals surface area contributed by atoms with Crippen molar-refractivity contribution >= 4 is 17.3 Å². The molecule has 0 aliphatic carbocycles. The zero-order valence-corrected chi connectivity index (χ0v) is 10.4. The number of nitrogens with two attached hydrogens (primary N) is 1. The van der Waals surface area contributed by atoms with E-state index in [1.807, 2.05) is 12.1 Å². The highest BCUT2D eigenvalue weighted by Gasteiger charge is 2.30. The minimum absolute atomic E-state index is 0.439. The van der Waals surface area contributed by atoms with E-state index in [-0.39, 0.29) is 0 Å². The molecule has 1 aromatic rings. The van der Waals surface area contributed by atoms with Crippen LogP contribution in [0.25, 0.3) is 0 Å².